The Labute approximate surface area is 666 Å². The Morgan fingerprint density at radius 3 is 0.583 bits per heavy atom. The van der Waals surface area contributed by atoms with Crippen molar-refractivity contribution < 1.29 is 0 Å². The minimum Gasteiger partial charge on any atom is -0.0792 e. The molecule has 0 heterocycles. The Morgan fingerprint density at radius 2 is 0.361 bits per heavy atom. The average molecular weight is 1860 g/mol. The standard InChI is InChI=1S/C100H20Br8/c101-33-13-26-28-15-34(102)46-30-10-6-22-18-2-1-17-21-5-9-29-45(33)49-42(26)55-56-44(28)51(46)83-72-64(56)68-60-40-20-4-3-19-23-7-11-31-47-35(103)14-25-27-16-36(104)48-32-12-8-24(20)92-80(60)76(72)88-86-74-70-62-54(43(27)52(48)84(70)96(88)100(32,92)108)53-41(25)50(47)82-69-61(53)65-57(37(17)38(18)58(66(62)65)78(74)90(22)98(30,106)94(83)86)77-73(69)85-87-75-71(81(49)93(85)97(29,105)89(21)77)63(55)67(68)59(39(19)40)79(75)91(23)99(31,107)95(82)87/h1-16,33-36H. The first-order valence-electron chi connectivity index (χ1n) is 38.2. The van der Waals surface area contributed by atoms with Crippen LogP contribution in [0.1, 0.15) is 89.0 Å². The maximum absolute atomic E-state index is 5.39. The molecule has 0 radical (unpaired) electrons. The van der Waals surface area contributed by atoms with Gasteiger partial charge >= 0.3 is 0 Å². The molecule has 16 aliphatic carbocycles. The molecule has 20 bridgehead atoms. The lowest BCUT2D eigenvalue weighted by molar-refractivity contribution is 0.918. The minimum atomic E-state index is -0.766. The van der Waals surface area contributed by atoms with Gasteiger partial charge in [-0.25, -0.2) is 0 Å². The van der Waals surface area contributed by atoms with Gasteiger partial charge in [-0.2, -0.15) is 0 Å². The smallest absolute Gasteiger partial charge is 0.0792 e. The predicted molar refractivity (Wildman–Crippen MR) is 484 cm³/mol. The highest BCUT2D eigenvalue weighted by molar-refractivity contribution is 9.11. The van der Waals surface area contributed by atoms with Gasteiger partial charge in [-0.15, -0.1) is 0 Å². The first-order chi connectivity index (χ1) is 52.9. The zero-order chi connectivity index (χ0) is 67.5. The molecule has 25 aromatic rings. The summed E-state index contributed by atoms with van der Waals surface area (Å²) >= 11 is 40.9. The SMILES string of the molecule is BrC1C=c2c3c4c5c6c7c8c9c%10c%11c%12c%13c%14c%15c%16c%17c%18c%19c%20c%21c%22c%23c(c2c2c4c4c6c9c6c9c(c%24ccc%25c%26c(c%27c%20c%23c2c2c%27c%25c%24c6c42)C%19(Br)C(=C%17C(Br)C=%15)C=C%26)C=CC(=C%12C(Br)C=%14)C%109Br)C1=C1C=Cc2c(c4c%21c%18c6c%16c%13c9c%11c8c8c%10c(c%11ccc2c2c%11c8c9c6c42)C=CC(=C5C(Br)C=3)C7%10Br)C1%22Br. The van der Waals surface area contributed by atoms with Gasteiger partial charge in [0.05, 0.1) is 19.3 Å². The number of rotatable bonds is 0. The first-order valence-corrected chi connectivity index (χ1v) is 45.1. The number of benzene rings is 24. The number of alkyl halides is 8. The normalized spacial score (nSPS) is 27.4. The summed E-state index contributed by atoms with van der Waals surface area (Å²) < 4.78 is -3.07. The molecule has 0 saturated heterocycles. The molecule has 25 aromatic carbocycles. The van der Waals surface area contributed by atoms with Crippen molar-refractivity contribution in [3.63, 3.8) is 0 Å². The van der Waals surface area contributed by atoms with Crippen molar-refractivity contribution in [3.05, 3.63) is 181 Å². The lowest BCUT2D eigenvalue weighted by atomic mass is 9.54. The van der Waals surface area contributed by atoms with Gasteiger partial charge in [0.2, 0.25) is 0 Å². The number of hydrogen-bond acceptors (Lipinski definition) is 0. The van der Waals surface area contributed by atoms with E-state index in [1.807, 2.05) is 0 Å². The zero-order valence-corrected chi connectivity index (χ0v) is 67.3. The summed E-state index contributed by atoms with van der Waals surface area (Å²) in [5.74, 6) is 0. The summed E-state index contributed by atoms with van der Waals surface area (Å²) in [7, 11) is 0. The topological polar surface area (TPSA) is 0 Å². The molecule has 0 amide bonds. The molecule has 0 aliphatic heterocycles. The van der Waals surface area contributed by atoms with Crippen molar-refractivity contribution in [2.24, 2.45) is 0 Å². The van der Waals surface area contributed by atoms with Crippen LogP contribution in [0.4, 0.5) is 0 Å². The molecule has 0 saturated carbocycles. The number of fused-ring (bicyclic) bond motifs is 6. The summed E-state index contributed by atoms with van der Waals surface area (Å²) in [6, 6.07) is 10.6. The zero-order valence-electron chi connectivity index (χ0n) is 54.6. The van der Waals surface area contributed by atoms with E-state index in [0.717, 1.165) is 0 Å². The summed E-state index contributed by atoms with van der Waals surface area (Å²) in [5, 5.41) is 76.4. The summed E-state index contributed by atoms with van der Waals surface area (Å²) in [6.45, 7) is 0. The van der Waals surface area contributed by atoms with Crippen LogP contribution in [0.3, 0.4) is 0 Å². The van der Waals surface area contributed by atoms with Crippen LogP contribution >= 0.6 is 127 Å². The van der Waals surface area contributed by atoms with E-state index in [4.69, 9.17) is 127 Å². The Balaban J connectivity index is 1.05. The van der Waals surface area contributed by atoms with Gasteiger partial charge in [0.15, 0.2) is 0 Å². The average Bonchev–Trinajstić information content (AvgIpc) is 0.595. The molecule has 0 spiro atoms. The highest BCUT2D eigenvalue weighted by Gasteiger charge is 2.63. The van der Waals surface area contributed by atoms with Gasteiger partial charge in [-0.05, 0) is 413 Å². The van der Waals surface area contributed by atoms with Crippen LogP contribution in [0.5, 0.6) is 0 Å². The van der Waals surface area contributed by atoms with Gasteiger partial charge in [0.25, 0.3) is 0 Å². The van der Waals surface area contributed by atoms with Crippen molar-refractivity contribution >= 4 is 457 Å². The summed E-state index contributed by atoms with van der Waals surface area (Å²) in [6.07, 6.45) is 32.1. The maximum Gasteiger partial charge on any atom is 0.103 e. The fraction of sp³-hybridized carbons (Fsp3) is 0.0800. The van der Waals surface area contributed by atoms with Crippen molar-refractivity contribution in [2.45, 2.75) is 36.6 Å². The second kappa shape index (κ2) is 12.8. The summed E-state index contributed by atoms with van der Waals surface area (Å²) in [4.78, 5) is -0.407. The predicted octanol–water partition coefficient (Wildman–Crippen LogP) is 26.1. The van der Waals surface area contributed by atoms with E-state index in [-0.39, 0.29) is 19.3 Å². The van der Waals surface area contributed by atoms with Crippen LogP contribution in [-0.4, -0.2) is 19.3 Å². The van der Waals surface area contributed by atoms with Crippen molar-refractivity contribution in [1.82, 2.24) is 0 Å². The second-order valence-corrected chi connectivity index (χ2v) is 44.9. The number of halogens is 8. The highest BCUT2D eigenvalue weighted by atomic mass is 79.9. The van der Waals surface area contributed by atoms with E-state index in [1.54, 1.807) is 0 Å². The lowest BCUT2D eigenvalue weighted by Crippen LogP contribution is -2.42. The molecule has 0 fully saturated rings. The molecule has 0 N–H and O–H groups in total. The molecule has 476 valence electrons. The third-order valence-corrected chi connectivity index (χ3v) is 42.1. The molecule has 0 aromatic heterocycles. The minimum absolute atomic E-state index is 0.102. The molecule has 8 unspecified atom stereocenters. The van der Waals surface area contributed by atoms with Crippen LogP contribution in [0.15, 0.2) is 70.9 Å². The molecule has 8 heteroatoms. The molecule has 41 rings (SSSR count). The molecular formula is C100H20Br8. The van der Waals surface area contributed by atoms with Crippen molar-refractivity contribution in [3.8, 4) is 0 Å². The third kappa shape index (κ3) is 3.43. The van der Waals surface area contributed by atoms with Gasteiger partial charge in [0.1, 0.15) is 17.3 Å². The fourth-order valence-electron chi connectivity index (χ4n) is 32.5. The van der Waals surface area contributed by atoms with Crippen LogP contribution in [0.25, 0.3) is 329 Å². The van der Waals surface area contributed by atoms with Crippen molar-refractivity contribution in [1.29, 1.82) is 0 Å². The Hall–Kier alpha value is -8.12. The monoisotopic (exact) mass is 1850 g/mol. The van der Waals surface area contributed by atoms with Gasteiger partial charge in [-0.3, -0.25) is 0 Å². The Morgan fingerprint density at radius 1 is 0.185 bits per heavy atom. The van der Waals surface area contributed by atoms with Gasteiger partial charge in [-0.1, -0.05) is 225 Å². The van der Waals surface area contributed by atoms with E-state index in [9.17, 15) is 0 Å². The molecule has 8 atom stereocenters. The molecular weight excluding hydrogens is 1840 g/mol. The van der Waals surface area contributed by atoms with E-state index in [2.05, 4.69) is 97.2 Å². The van der Waals surface area contributed by atoms with Crippen molar-refractivity contribution in [2.75, 3.05) is 0 Å². The fourth-order valence-corrected chi connectivity index (χ4v) is 40.1. The van der Waals surface area contributed by atoms with Crippen LogP contribution < -0.4 is 20.9 Å². The van der Waals surface area contributed by atoms with E-state index in [1.165, 1.54) is 413 Å². The quantitative estimate of drug-likeness (QED) is 0.0806. The maximum atomic E-state index is 5.39. The third-order valence-electron chi connectivity index (χ3n) is 34.3. The van der Waals surface area contributed by atoms with Gasteiger partial charge < -0.3 is 0 Å². The Kier molecular flexibility index (Phi) is 5.92. The van der Waals surface area contributed by atoms with Crippen LogP contribution in [0, 0.1) is 0 Å². The van der Waals surface area contributed by atoms with Crippen LogP contribution in [-0.2, 0) is 17.3 Å². The summed E-state index contributed by atoms with van der Waals surface area (Å²) in [5.41, 5.74) is 34.5. The number of hydrogen-bond donors (Lipinski definition) is 0. The second-order valence-electron chi connectivity index (χ2n) is 36.2. The molecule has 16 aliphatic rings. The molecule has 108 heavy (non-hydrogen) atoms. The van der Waals surface area contributed by atoms with E-state index >= 15 is 0 Å². The molecule has 0 nitrogen and oxygen atoms in total. The first kappa shape index (κ1) is 49.9. The largest absolute Gasteiger partial charge is 0.103 e. The van der Waals surface area contributed by atoms with E-state index in [0.29, 0.717) is 0 Å². The lowest BCUT2D eigenvalue weighted by Gasteiger charge is -2.52. The van der Waals surface area contributed by atoms with E-state index < -0.39 is 17.3 Å². The highest BCUT2D eigenvalue weighted by Crippen LogP contribution is 2.82. The van der Waals surface area contributed by atoms with Crippen LogP contribution in [0.2, 0.25) is 0 Å². The van der Waals surface area contributed by atoms with Gasteiger partial charge in [0, 0.05) is 0 Å². The number of allylic oxidation sites excluding steroid dienone is 12. The Bertz CT molecular complexity index is 9370.